The van der Waals surface area contributed by atoms with Crippen LogP contribution in [0.15, 0.2) is 12.1 Å². The highest BCUT2D eigenvalue weighted by Gasteiger charge is 2.22. The minimum absolute atomic E-state index is 0.177. The second-order valence-corrected chi connectivity index (χ2v) is 4.33. The normalized spacial score (nSPS) is 19.6. The quantitative estimate of drug-likeness (QED) is 0.742. The predicted octanol–water partition coefficient (Wildman–Crippen LogP) is 2.11. The molecule has 0 unspecified atom stereocenters. The van der Waals surface area contributed by atoms with Crippen LogP contribution in [-0.4, -0.2) is 0 Å². The molecule has 0 heterocycles. The molecule has 1 aliphatic rings. The van der Waals surface area contributed by atoms with Crippen LogP contribution in [-0.2, 0) is 6.42 Å². The molecule has 2 N–H and O–H groups in total. The highest BCUT2D eigenvalue weighted by Crippen LogP contribution is 2.33. The van der Waals surface area contributed by atoms with E-state index in [0.717, 1.165) is 22.0 Å². The van der Waals surface area contributed by atoms with Crippen molar-refractivity contribution in [1.82, 2.24) is 0 Å². The molecule has 0 aromatic heterocycles. The lowest BCUT2D eigenvalue weighted by atomic mass is 10.1. The van der Waals surface area contributed by atoms with Crippen molar-refractivity contribution in [3.05, 3.63) is 32.4 Å². The van der Waals surface area contributed by atoms with Crippen molar-refractivity contribution in [3.8, 4) is 6.07 Å². The number of hydrogen-bond acceptors (Lipinski definition) is 2. The minimum atomic E-state index is 0.177. The monoisotopic (exact) mass is 284 g/mol. The molecule has 0 saturated heterocycles. The van der Waals surface area contributed by atoms with E-state index in [4.69, 9.17) is 11.0 Å². The average Bonchev–Trinajstić information content (AvgIpc) is 2.50. The van der Waals surface area contributed by atoms with Gasteiger partial charge in [-0.15, -0.1) is 0 Å². The van der Waals surface area contributed by atoms with Gasteiger partial charge in [0.25, 0.3) is 0 Å². The molecule has 0 bridgehead atoms. The van der Waals surface area contributed by atoms with Crippen molar-refractivity contribution in [3.63, 3.8) is 0 Å². The third-order valence-corrected chi connectivity index (χ3v) is 3.74. The fourth-order valence-corrected chi connectivity index (χ4v) is 2.66. The lowest BCUT2D eigenvalue weighted by Gasteiger charge is -2.06. The standard InChI is InChI=1S/C10H9IN2/c11-10-6(5-12)1-2-7-8(10)3-4-9(7)13/h1-2,9H,3-4,13H2/t9-/m0/s1. The average molecular weight is 284 g/mol. The molecular weight excluding hydrogens is 275 g/mol. The largest absolute Gasteiger partial charge is 0.324 e. The summed E-state index contributed by atoms with van der Waals surface area (Å²) in [4.78, 5) is 0. The summed E-state index contributed by atoms with van der Waals surface area (Å²) in [5, 5.41) is 8.83. The molecule has 0 radical (unpaired) electrons. The van der Waals surface area contributed by atoms with Gasteiger partial charge >= 0.3 is 0 Å². The number of nitrogens with two attached hydrogens (primary N) is 1. The molecule has 0 amide bonds. The molecule has 1 aromatic carbocycles. The van der Waals surface area contributed by atoms with E-state index in [1.165, 1.54) is 11.1 Å². The molecular formula is C10H9IN2. The molecule has 0 spiro atoms. The van der Waals surface area contributed by atoms with Crippen LogP contribution in [0.5, 0.6) is 0 Å². The third kappa shape index (κ3) is 1.34. The molecule has 1 aliphatic carbocycles. The van der Waals surface area contributed by atoms with Crippen molar-refractivity contribution >= 4 is 22.6 Å². The van der Waals surface area contributed by atoms with Gasteiger partial charge in [-0.3, -0.25) is 0 Å². The Balaban J connectivity index is 2.62. The number of fused-ring (bicyclic) bond motifs is 1. The van der Waals surface area contributed by atoms with Gasteiger partial charge in [0.2, 0.25) is 0 Å². The van der Waals surface area contributed by atoms with Gasteiger partial charge < -0.3 is 5.73 Å². The number of nitriles is 1. The fourth-order valence-electron chi connectivity index (χ4n) is 1.78. The summed E-state index contributed by atoms with van der Waals surface area (Å²) in [5.41, 5.74) is 9.20. The van der Waals surface area contributed by atoms with Gasteiger partial charge in [-0.1, -0.05) is 6.07 Å². The molecule has 1 atom stereocenters. The maximum absolute atomic E-state index is 8.83. The van der Waals surface area contributed by atoms with Crippen LogP contribution in [0.25, 0.3) is 0 Å². The van der Waals surface area contributed by atoms with Crippen molar-refractivity contribution < 1.29 is 0 Å². The zero-order valence-corrected chi connectivity index (χ0v) is 9.21. The molecule has 66 valence electrons. The molecule has 0 aliphatic heterocycles. The Labute approximate surface area is 90.9 Å². The van der Waals surface area contributed by atoms with E-state index in [1.54, 1.807) is 0 Å². The Kier molecular flexibility index (Phi) is 2.26. The second-order valence-electron chi connectivity index (χ2n) is 3.25. The van der Waals surface area contributed by atoms with E-state index in [1.807, 2.05) is 12.1 Å². The van der Waals surface area contributed by atoms with Gasteiger partial charge in [-0.05, 0) is 52.6 Å². The Morgan fingerprint density at radius 3 is 3.00 bits per heavy atom. The van der Waals surface area contributed by atoms with Gasteiger partial charge in [0.05, 0.1) is 5.56 Å². The van der Waals surface area contributed by atoms with E-state index < -0.39 is 0 Å². The predicted molar refractivity (Wildman–Crippen MR) is 59.1 cm³/mol. The number of benzene rings is 1. The molecule has 1 aromatic rings. The van der Waals surface area contributed by atoms with Gasteiger partial charge in [0.1, 0.15) is 6.07 Å². The second kappa shape index (κ2) is 3.28. The van der Waals surface area contributed by atoms with Gasteiger partial charge in [0, 0.05) is 9.61 Å². The van der Waals surface area contributed by atoms with E-state index in [0.29, 0.717) is 0 Å². The molecule has 3 heteroatoms. The summed E-state index contributed by atoms with van der Waals surface area (Å²) in [6.45, 7) is 0. The first-order chi connectivity index (χ1) is 6.24. The van der Waals surface area contributed by atoms with E-state index in [2.05, 4.69) is 28.7 Å². The summed E-state index contributed by atoms with van der Waals surface area (Å²) in [6, 6.07) is 6.23. The Morgan fingerprint density at radius 1 is 1.54 bits per heavy atom. The summed E-state index contributed by atoms with van der Waals surface area (Å²) < 4.78 is 1.09. The minimum Gasteiger partial charge on any atom is -0.324 e. The first-order valence-corrected chi connectivity index (χ1v) is 5.29. The maximum Gasteiger partial charge on any atom is 0.100 e. The molecule has 2 rings (SSSR count). The summed E-state index contributed by atoms with van der Waals surface area (Å²) in [6.07, 6.45) is 2.03. The summed E-state index contributed by atoms with van der Waals surface area (Å²) in [7, 11) is 0. The van der Waals surface area contributed by atoms with Crippen LogP contribution in [0.3, 0.4) is 0 Å². The van der Waals surface area contributed by atoms with Crippen LogP contribution >= 0.6 is 22.6 Å². The molecule has 0 fully saturated rings. The van der Waals surface area contributed by atoms with Gasteiger partial charge in [-0.25, -0.2) is 0 Å². The van der Waals surface area contributed by atoms with Gasteiger partial charge in [-0.2, -0.15) is 5.26 Å². The van der Waals surface area contributed by atoms with Crippen LogP contribution in [0.4, 0.5) is 0 Å². The molecule has 2 nitrogen and oxygen atoms in total. The molecule has 0 saturated carbocycles. The van der Waals surface area contributed by atoms with Crippen LogP contribution in [0, 0.1) is 14.9 Å². The van der Waals surface area contributed by atoms with Crippen molar-refractivity contribution in [1.29, 1.82) is 5.26 Å². The SMILES string of the molecule is N#Cc1ccc2c(c1I)CC[C@@H]2N. The first-order valence-electron chi connectivity index (χ1n) is 4.21. The topological polar surface area (TPSA) is 49.8 Å². The van der Waals surface area contributed by atoms with Gasteiger partial charge in [0.15, 0.2) is 0 Å². The van der Waals surface area contributed by atoms with E-state index in [9.17, 15) is 0 Å². The van der Waals surface area contributed by atoms with Crippen molar-refractivity contribution in [2.45, 2.75) is 18.9 Å². The van der Waals surface area contributed by atoms with Crippen molar-refractivity contribution in [2.75, 3.05) is 0 Å². The van der Waals surface area contributed by atoms with Crippen LogP contribution in [0.1, 0.15) is 29.2 Å². The fraction of sp³-hybridized carbons (Fsp3) is 0.300. The lowest BCUT2D eigenvalue weighted by molar-refractivity contribution is 0.713. The van der Waals surface area contributed by atoms with Crippen molar-refractivity contribution in [2.24, 2.45) is 5.73 Å². The Hall–Kier alpha value is -0.600. The Bertz CT molecular complexity index is 393. The zero-order valence-electron chi connectivity index (χ0n) is 7.05. The Morgan fingerprint density at radius 2 is 2.31 bits per heavy atom. The smallest absolute Gasteiger partial charge is 0.100 e. The third-order valence-electron chi connectivity index (χ3n) is 2.50. The van der Waals surface area contributed by atoms with Crippen LogP contribution in [0.2, 0.25) is 0 Å². The lowest BCUT2D eigenvalue weighted by Crippen LogP contribution is -2.05. The number of nitrogens with zero attached hydrogens (tertiary/aromatic N) is 1. The highest BCUT2D eigenvalue weighted by molar-refractivity contribution is 14.1. The summed E-state index contributed by atoms with van der Waals surface area (Å²) in [5.74, 6) is 0. The number of halogens is 1. The maximum atomic E-state index is 8.83. The summed E-state index contributed by atoms with van der Waals surface area (Å²) >= 11 is 2.24. The van der Waals surface area contributed by atoms with E-state index in [-0.39, 0.29) is 6.04 Å². The highest BCUT2D eigenvalue weighted by atomic mass is 127. The zero-order chi connectivity index (χ0) is 9.42. The van der Waals surface area contributed by atoms with Crippen LogP contribution < -0.4 is 5.73 Å². The number of rotatable bonds is 0. The first kappa shape index (κ1) is 8.97. The molecule has 13 heavy (non-hydrogen) atoms. The number of hydrogen-bond donors (Lipinski definition) is 1. The van der Waals surface area contributed by atoms with E-state index >= 15 is 0 Å².